The first kappa shape index (κ1) is 35.6. The van der Waals surface area contributed by atoms with Crippen LogP contribution in [0.4, 0.5) is 15.8 Å². The molecule has 1 aliphatic heterocycles. The van der Waals surface area contributed by atoms with Gasteiger partial charge >= 0.3 is 0 Å². The second kappa shape index (κ2) is 15.4. The van der Waals surface area contributed by atoms with Crippen LogP contribution in [0.25, 0.3) is 0 Å². The fraction of sp³-hybridized carbons (Fsp3) is 0.343. The average Bonchev–Trinajstić information content (AvgIpc) is 3.67. The number of benzene rings is 2. The largest absolute Gasteiger partial charge is 0.506 e. The highest BCUT2D eigenvalue weighted by Crippen LogP contribution is 2.48. The first-order valence-corrected chi connectivity index (χ1v) is 14.7. The molecule has 3 N–H and O–H groups in total. The number of halogens is 1. The normalized spacial score (nSPS) is 14.2. The maximum Gasteiger partial charge on any atom is 0.281 e. The standard InChI is InChI=1S/C33H36FN3O5.CH4O.CH2O/c1-7-33(5,6)16-26-19(2)31(24-12-11-23(15-25(24)34)41-18-22-13-14-40-17-22)37(27-9-8-10-28(38)30(27)36-26)32(39)29-20(3)42-21(4)35-29;2*1-2/h8-15,17,31,36,38H,7,16,18H2,1-6H3;2H,1H3;1H2. The Morgan fingerprint density at radius 1 is 1.15 bits per heavy atom. The highest BCUT2D eigenvalue weighted by molar-refractivity contribution is 6.09. The number of ether oxygens (including phenoxy) is 1. The van der Waals surface area contributed by atoms with Crippen LogP contribution in [-0.2, 0) is 11.4 Å². The molecule has 0 bridgehead atoms. The van der Waals surface area contributed by atoms with E-state index >= 15 is 4.39 Å². The summed E-state index contributed by atoms with van der Waals surface area (Å²) >= 11 is 0. The second-order valence-electron chi connectivity index (χ2n) is 11.5. The van der Waals surface area contributed by atoms with Crippen molar-refractivity contribution < 1.29 is 37.8 Å². The minimum Gasteiger partial charge on any atom is -0.506 e. The summed E-state index contributed by atoms with van der Waals surface area (Å²) in [5, 5.41) is 21.4. The van der Waals surface area contributed by atoms with E-state index in [2.05, 4.69) is 31.1 Å². The summed E-state index contributed by atoms with van der Waals surface area (Å²) in [4.78, 5) is 28.2. The number of phenols is 1. The van der Waals surface area contributed by atoms with E-state index in [0.29, 0.717) is 35.2 Å². The molecule has 1 aliphatic rings. The van der Waals surface area contributed by atoms with Crippen LogP contribution in [0.15, 0.2) is 75.1 Å². The smallest absolute Gasteiger partial charge is 0.281 e. The van der Waals surface area contributed by atoms with Gasteiger partial charge in [-0.05, 0) is 61.6 Å². The monoisotopic (exact) mass is 635 g/mol. The molecule has 10 nitrogen and oxygen atoms in total. The Morgan fingerprint density at radius 2 is 1.87 bits per heavy atom. The maximum atomic E-state index is 16.2. The molecule has 1 atom stereocenters. The summed E-state index contributed by atoms with van der Waals surface area (Å²) < 4.78 is 32.6. The molecule has 11 heteroatoms. The van der Waals surface area contributed by atoms with E-state index in [9.17, 15) is 9.90 Å². The lowest BCUT2D eigenvalue weighted by molar-refractivity contribution is -0.0980. The molecule has 0 spiro atoms. The number of aromatic hydroxyl groups is 1. The summed E-state index contributed by atoms with van der Waals surface area (Å²) in [6, 6.07) is 10.5. The maximum absolute atomic E-state index is 16.2. The molecule has 3 heterocycles. The second-order valence-corrected chi connectivity index (χ2v) is 11.5. The Balaban J connectivity index is 0.00000139. The van der Waals surface area contributed by atoms with Gasteiger partial charge in [-0.2, -0.15) is 0 Å². The van der Waals surface area contributed by atoms with Crippen molar-refractivity contribution in [3.05, 3.63) is 101 Å². The highest BCUT2D eigenvalue weighted by atomic mass is 19.1. The topological polar surface area (TPSA) is 138 Å². The van der Waals surface area contributed by atoms with E-state index in [0.717, 1.165) is 30.4 Å². The average molecular weight is 636 g/mol. The van der Waals surface area contributed by atoms with Crippen LogP contribution in [0.2, 0.25) is 0 Å². The fourth-order valence-electron chi connectivity index (χ4n) is 5.19. The lowest BCUT2D eigenvalue weighted by atomic mass is 9.83. The Bertz CT molecular complexity index is 1660. The lowest BCUT2D eigenvalue weighted by Crippen LogP contribution is -2.36. The molecule has 246 valence electrons. The quantitative estimate of drug-likeness (QED) is 0.167. The molecule has 4 aromatic rings. The first-order valence-electron chi connectivity index (χ1n) is 14.7. The third-order valence-electron chi connectivity index (χ3n) is 7.89. The van der Waals surface area contributed by atoms with Crippen LogP contribution in [0.1, 0.15) is 79.8 Å². The molecule has 46 heavy (non-hydrogen) atoms. The van der Waals surface area contributed by atoms with E-state index in [-0.39, 0.29) is 29.0 Å². The summed E-state index contributed by atoms with van der Waals surface area (Å²) in [6.07, 6.45) is 4.62. The van der Waals surface area contributed by atoms with Gasteiger partial charge in [-0.15, -0.1) is 0 Å². The molecule has 0 radical (unpaired) electrons. The van der Waals surface area contributed by atoms with Crippen molar-refractivity contribution in [2.75, 3.05) is 17.3 Å². The van der Waals surface area contributed by atoms with E-state index in [1.807, 2.05) is 13.7 Å². The number of amides is 1. The molecule has 0 saturated heterocycles. The number of hydrogen-bond donors (Lipinski definition) is 3. The Hall–Kier alpha value is -4.90. The number of oxazole rings is 1. The minimum absolute atomic E-state index is 0.0259. The summed E-state index contributed by atoms with van der Waals surface area (Å²) in [7, 11) is 1.00. The zero-order chi connectivity index (χ0) is 34.2. The number of carbonyl (C=O) groups excluding carboxylic acids is 2. The first-order chi connectivity index (χ1) is 22.0. The minimum atomic E-state index is -0.866. The number of anilines is 2. The number of aryl methyl sites for hydroxylation is 2. The number of furan rings is 1. The SMILES string of the molecule is C=O.CCC(C)(C)CC1=C(C)C(c2ccc(OCc3ccoc3)cc2F)N(C(=O)c2nc(C)oc2C)c2cccc(O)c2N1.CO. The van der Waals surface area contributed by atoms with Gasteiger partial charge in [-0.3, -0.25) is 9.69 Å². The predicted molar refractivity (Wildman–Crippen MR) is 173 cm³/mol. The van der Waals surface area contributed by atoms with Gasteiger partial charge in [0.1, 0.15) is 42.2 Å². The number of nitrogens with one attached hydrogen (secondary N) is 1. The summed E-state index contributed by atoms with van der Waals surface area (Å²) in [5.74, 6) is 0.0109. The molecule has 2 aromatic heterocycles. The lowest BCUT2D eigenvalue weighted by Gasteiger charge is -2.33. The molecule has 5 rings (SSSR count). The Morgan fingerprint density at radius 3 is 2.46 bits per heavy atom. The molecule has 1 unspecified atom stereocenters. The van der Waals surface area contributed by atoms with E-state index < -0.39 is 17.8 Å². The zero-order valence-corrected chi connectivity index (χ0v) is 27.3. The Labute approximate surface area is 268 Å². The number of rotatable bonds is 8. The molecule has 0 saturated carbocycles. The number of phenolic OH excluding ortho intramolecular Hbond substituents is 1. The molecule has 0 aliphatic carbocycles. The third kappa shape index (κ3) is 7.66. The van der Waals surface area contributed by atoms with Crippen LogP contribution in [-0.4, -0.2) is 35.0 Å². The number of carbonyl (C=O) groups is 2. The number of fused-ring (bicyclic) bond motifs is 1. The van der Waals surface area contributed by atoms with Gasteiger partial charge in [-0.1, -0.05) is 33.3 Å². The fourth-order valence-corrected chi connectivity index (χ4v) is 5.19. The molecule has 2 aromatic carbocycles. The number of hydrogen-bond acceptors (Lipinski definition) is 9. The Kier molecular flexibility index (Phi) is 11.9. The number of allylic oxidation sites excluding steroid dienone is 1. The van der Waals surface area contributed by atoms with Crippen molar-refractivity contribution in [1.82, 2.24) is 4.98 Å². The number of aliphatic hydroxyl groups is 1. The number of nitrogens with zero attached hydrogens (tertiary/aromatic N) is 2. The van der Waals surface area contributed by atoms with Crippen LogP contribution in [0.3, 0.4) is 0 Å². The van der Waals surface area contributed by atoms with Crippen molar-refractivity contribution in [1.29, 1.82) is 0 Å². The third-order valence-corrected chi connectivity index (χ3v) is 7.89. The van der Waals surface area contributed by atoms with Gasteiger partial charge < -0.3 is 33.9 Å². The molecule has 0 fully saturated rings. The van der Waals surface area contributed by atoms with Gasteiger partial charge in [0.05, 0.1) is 24.3 Å². The van der Waals surface area contributed by atoms with Crippen LogP contribution in [0.5, 0.6) is 11.5 Å². The molecular formula is C35H42FN3O7. The van der Waals surface area contributed by atoms with Crippen LogP contribution in [0, 0.1) is 25.1 Å². The van der Waals surface area contributed by atoms with Gasteiger partial charge in [0.25, 0.3) is 5.91 Å². The van der Waals surface area contributed by atoms with Crippen LogP contribution < -0.4 is 15.0 Å². The van der Waals surface area contributed by atoms with Crippen LogP contribution >= 0.6 is 0 Å². The molecule has 1 amide bonds. The van der Waals surface area contributed by atoms with E-state index in [1.54, 1.807) is 62.8 Å². The van der Waals surface area contributed by atoms with Gasteiger partial charge in [0.15, 0.2) is 11.6 Å². The van der Waals surface area contributed by atoms with Gasteiger partial charge in [0.2, 0.25) is 0 Å². The van der Waals surface area contributed by atoms with E-state index in [4.69, 9.17) is 23.5 Å². The number of aliphatic hydroxyl groups excluding tert-OH is 1. The summed E-state index contributed by atoms with van der Waals surface area (Å²) in [5.41, 5.74) is 3.42. The van der Waals surface area contributed by atoms with Crippen molar-refractivity contribution >= 4 is 24.1 Å². The molecular weight excluding hydrogens is 593 g/mol. The highest BCUT2D eigenvalue weighted by Gasteiger charge is 2.39. The van der Waals surface area contributed by atoms with Crippen molar-refractivity contribution in [2.45, 2.75) is 67.0 Å². The zero-order valence-electron chi connectivity index (χ0n) is 27.3. The van der Waals surface area contributed by atoms with Crippen molar-refractivity contribution in [2.24, 2.45) is 5.41 Å². The van der Waals surface area contributed by atoms with Crippen molar-refractivity contribution in [3.63, 3.8) is 0 Å². The number of para-hydroxylation sites is 1. The van der Waals surface area contributed by atoms with E-state index in [1.165, 1.54) is 11.0 Å². The summed E-state index contributed by atoms with van der Waals surface area (Å²) in [6.45, 7) is 13.9. The van der Waals surface area contributed by atoms with Gasteiger partial charge in [-0.25, -0.2) is 9.37 Å². The number of aromatic nitrogens is 1. The van der Waals surface area contributed by atoms with Gasteiger partial charge in [0, 0.05) is 36.9 Å². The van der Waals surface area contributed by atoms with Crippen molar-refractivity contribution in [3.8, 4) is 11.5 Å². The predicted octanol–water partition coefficient (Wildman–Crippen LogP) is 7.65.